The van der Waals surface area contributed by atoms with Crippen molar-refractivity contribution in [2.45, 2.75) is 19.8 Å². The van der Waals surface area contributed by atoms with Gasteiger partial charge in [0.15, 0.2) is 0 Å². The number of aryl methyl sites for hydroxylation is 2. The van der Waals surface area contributed by atoms with Crippen molar-refractivity contribution in [3.63, 3.8) is 0 Å². The SMILES string of the molecule is Cc1ccc(C(c2c[nH]c3ccccc23)c2c(C)[nH]c3ccccc23)cc1. The standard InChI is InChI=1S/C25H22N2/c1-16-11-13-18(14-12-16)25(21-15-26-22-9-5-3-7-19(21)22)24-17(2)27-23-10-6-4-8-20(23)24/h3-15,25-27H,1-2H3. The first-order chi connectivity index (χ1) is 13.2. The van der Waals surface area contributed by atoms with Crippen LogP contribution in [0.15, 0.2) is 79.0 Å². The molecule has 0 saturated heterocycles. The maximum atomic E-state index is 3.59. The molecular weight excluding hydrogens is 328 g/mol. The van der Waals surface area contributed by atoms with Crippen molar-refractivity contribution in [2.75, 3.05) is 0 Å². The predicted molar refractivity (Wildman–Crippen MR) is 113 cm³/mol. The molecule has 0 radical (unpaired) electrons. The molecule has 27 heavy (non-hydrogen) atoms. The number of benzene rings is 3. The second-order valence-electron chi connectivity index (χ2n) is 7.34. The summed E-state index contributed by atoms with van der Waals surface area (Å²) >= 11 is 0. The van der Waals surface area contributed by atoms with Crippen molar-refractivity contribution < 1.29 is 0 Å². The molecule has 2 N–H and O–H groups in total. The highest BCUT2D eigenvalue weighted by atomic mass is 14.7. The summed E-state index contributed by atoms with van der Waals surface area (Å²) < 4.78 is 0. The zero-order valence-corrected chi connectivity index (χ0v) is 15.6. The third-order valence-corrected chi connectivity index (χ3v) is 5.58. The zero-order valence-electron chi connectivity index (χ0n) is 15.6. The molecule has 2 nitrogen and oxygen atoms in total. The monoisotopic (exact) mass is 350 g/mol. The van der Waals surface area contributed by atoms with Crippen LogP contribution >= 0.6 is 0 Å². The van der Waals surface area contributed by atoms with E-state index in [1.54, 1.807) is 0 Å². The highest BCUT2D eigenvalue weighted by Gasteiger charge is 2.24. The van der Waals surface area contributed by atoms with Gasteiger partial charge in [0.2, 0.25) is 0 Å². The molecule has 132 valence electrons. The van der Waals surface area contributed by atoms with E-state index in [-0.39, 0.29) is 5.92 Å². The Morgan fingerprint density at radius 1 is 0.704 bits per heavy atom. The molecule has 0 spiro atoms. The van der Waals surface area contributed by atoms with Crippen LogP contribution in [0, 0.1) is 13.8 Å². The Hall–Kier alpha value is -3.26. The number of para-hydroxylation sites is 2. The van der Waals surface area contributed by atoms with Gasteiger partial charge in [0.25, 0.3) is 0 Å². The lowest BCUT2D eigenvalue weighted by atomic mass is 9.83. The second kappa shape index (κ2) is 6.17. The molecule has 0 aliphatic heterocycles. The average molecular weight is 350 g/mol. The summed E-state index contributed by atoms with van der Waals surface area (Å²) in [5, 5.41) is 2.58. The number of fused-ring (bicyclic) bond motifs is 2. The Kier molecular flexibility index (Phi) is 3.64. The van der Waals surface area contributed by atoms with Gasteiger partial charge < -0.3 is 9.97 Å². The number of aromatic nitrogens is 2. The fraction of sp³-hybridized carbons (Fsp3) is 0.120. The first kappa shape index (κ1) is 16.0. The second-order valence-corrected chi connectivity index (χ2v) is 7.34. The maximum absolute atomic E-state index is 3.59. The van der Waals surface area contributed by atoms with E-state index in [9.17, 15) is 0 Å². The Bertz CT molecular complexity index is 1240. The summed E-state index contributed by atoms with van der Waals surface area (Å²) in [5.74, 6) is 0.179. The average Bonchev–Trinajstić information content (AvgIpc) is 3.25. The maximum Gasteiger partial charge on any atom is 0.0459 e. The van der Waals surface area contributed by atoms with E-state index in [2.05, 4.69) is 103 Å². The molecule has 3 aromatic carbocycles. The third kappa shape index (κ3) is 2.57. The van der Waals surface area contributed by atoms with Gasteiger partial charge in [-0.3, -0.25) is 0 Å². The molecule has 0 bridgehead atoms. The molecule has 0 amide bonds. The normalized spacial score (nSPS) is 12.7. The molecule has 0 aliphatic carbocycles. The number of rotatable bonds is 3. The van der Waals surface area contributed by atoms with Crippen LogP contribution in [0.1, 0.15) is 33.9 Å². The first-order valence-corrected chi connectivity index (χ1v) is 9.42. The fourth-order valence-electron chi connectivity index (χ4n) is 4.26. The van der Waals surface area contributed by atoms with Crippen molar-refractivity contribution in [3.8, 4) is 0 Å². The van der Waals surface area contributed by atoms with Crippen LogP contribution in [0.4, 0.5) is 0 Å². The van der Waals surface area contributed by atoms with Gasteiger partial charge in [0, 0.05) is 39.6 Å². The van der Waals surface area contributed by atoms with Gasteiger partial charge in [-0.25, -0.2) is 0 Å². The predicted octanol–water partition coefficient (Wildman–Crippen LogP) is 6.45. The molecule has 5 rings (SSSR count). The van der Waals surface area contributed by atoms with E-state index in [0.717, 1.165) is 0 Å². The zero-order chi connectivity index (χ0) is 18.4. The van der Waals surface area contributed by atoms with Crippen molar-refractivity contribution in [1.29, 1.82) is 0 Å². The summed E-state index contributed by atoms with van der Waals surface area (Å²) in [6.45, 7) is 4.33. The van der Waals surface area contributed by atoms with E-state index in [4.69, 9.17) is 0 Å². The largest absolute Gasteiger partial charge is 0.361 e. The van der Waals surface area contributed by atoms with Gasteiger partial charge in [0.05, 0.1) is 0 Å². The molecule has 2 aromatic heterocycles. The first-order valence-electron chi connectivity index (χ1n) is 9.42. The van der Waals surface area contributed by atoms with Crippen LogP contribution in [0.5, 0.6) is 0 Å². The fourth-order valence-corrected chi connectivity index (χ4v) is 4.26. The van der Waals surface area contributed by atoms with Crippen LogP contribution in [0.2, 0.25) is 0 Å². The number of hydrogen-bond acceptors (Lipinski definition) is 0. The highest BCUT2D eigenvalue weighted by Crippen LogP contribution is 2.41. The number of nitrogens with one attached hydrogen (secondary N) is 2. The van der Waals surface area contributed by atoms with E-state index in [0.29, 0.717) is 0 Å². The van der Waals surface area contributed by atoms with Crippen LogP contribution < -0.4 is 0 Å². The molecule has 0 fully saturated rings. The Morgan fingerprint density at radius 2 is 1.37 bits per heavy atom. The van der Waals surface area contributed by atoms with Crippen LogP contribution in [0.3, 0.4) is 0 Å². The summed E-state index contributed by atoms with van der Waals surface area (Å²) in [6, 6.07) is 26.1. The number of H-pyrrole nitrogens is 2. The molecule has 1 atom stereocenters. The summed E-state index contributed by atoms with van der Waals surface area (Å²) in [5.41, 5.74) is 8.89. The molecular formula is C25H22N2. The van der Waals surface area contributed by atoms with Gasteiger partial charge in [0.1, 0.15) is 0 Å². The van der Waals surface area contributed by atoms with Crippen molar-refractivity contribution in [2.24, 2.45) is 0 Å². The Labute approximate surface area is 158 Å². The number of hydrogen-bond donors (Lipinski definition) is 2. The van der Waals surface area contributed by atoms with Crippen LogP contribution in [0.25, 0.3) is 21.8 Å². The number of aromatic amines is 2. The Morgan fingerprint density at radius 3 is 2.15 bits per heavy atom. The van der Waals surface area contributed by atoms with Gasteiger partial charge >= 0.3 is 0 Å². The van der Waals surface area contributed by atoms with E-state index in [1.807, 2.05) is 0 Å². The molecule has 1 unspecified atom stereocenters. The van der Waals surface area contributed by atoms with Gasteiger partial charge in [-0.05, 0) is 42.7 Å². The molecule has 0 saturated carbocycles. The molecule has 5 aromatic rings. The smallest absolute Gasteiger partial charge is 0.0459 e. The topological polar surface area (TPSA) is 31.6 Å². The minimum atomic E-state index is 0.179. The Balaban J connectivity index is 1.83. The van der Waals surface area contributed by atoms with E-state index in [1.165, 1.54) is 49.8 Å². The highest BCUT2D eigenvalue weighted by molar-refractivity contribution is 5.90. The van der Waals surface area contributed by atoms with Crippen molar-refractivity contribution in [1.82, 2.24) is 9.97 Å². The van der Waals surface area contributed by atoms with E-state index < -0.39 is 0 Å². The summed E-state index contributed by atoms with van der Waals surface area (Å²) in [7, 11) is 0. The van der Waals surface area contributed by atoms with Crippen LogP contribution in [-0.4, -0.2) is 9.97 Å². The minimum absolute atomic E-state index is 0.179. The molecule has 2 heterocycles. The van der Waals surface area contributed by atoms with Gasteiger partial charge in [-0.15, -0.1) is 0 Å². The van der Waals surface area contributed by atoms with Crippen molar-refractivity contribution in [3.05, 3.63) is 107 Å². The lowest BCUT2D eigenvalue weighted by Crippen LogP contribution is -2.04. The summed E-state index contributed by atoms with van der Waals surface area (Å²) in [4.78, 5) is 7.06. The molecule has 2 heteroatoms. The lowest BCUT2D eigenvalue weighted by Gasteiger charge is -2.19. The summed E-state index contributed by atoms with van der Waals surface area (Å²) in [6.07, 6.45) is 2.18. The van der Waals surface area contributed by atoms with Gasteiger partial charge in [-0.2, -0.15) is 0 Å². The quantitative estimate of drug-likeness (QED) is 0.375. The van der Waals surface area contributed by atoms with Crippen LogP contribution in [-0.2, 0) is 0 Å². The van der Waals surface area contributed by atoms with Gasteiger partial charge in [-0.1, -0.05) is 66.2 Å². The molecule has 0 aliphatic rings. The van der Waals surface area contributed by atoms with Crippen molar-refractivity contribution >= 4 is 21.8 Å². The van der Waals surface area contributed by atoms with E-state index >= 15 is 0 Å². The third-order valence-electron chi connectivity index (χ3n) is 5.58. The lowest BCUT2D eigenvalue weighted by molar-refractivity contribution is 0.977. The minimum Gasteiger partial charge on any atom is -0.361 e.